The Bertz CT molecular complexity index is 973. The summed E-state index contributed by atoms with van der Waals surface area (Å²) in [6.45, 7) is 0.463. The molecule has 4 aromatic rings. The number of nitrogens with zero attached hydrogens (tertiary/aromatic N) is 3. The second-order valence-corrected chi connectivity index (χ2v) is 5.41. The number of rotatable bonds is 4. The Labute approximate surface area is 138 Å². The quantitative estimate of drug-likeness (QED) is 0.607. The third kappa shape index (κ3) is 2.54. The molecule has 4 rings (SSSR count). The molecule has 6 heteroatoms. The van der Waals surface area contributed by atoms with E-state index in [1.807, 2.05) is 53.1 Å². The molecule has 0 aromatic carbocycles. The molecule has 4 aromatic heterocycles. The Morgan fingerprint density at radius 3 is 2.79 bits per heavy atom. The molecule has 24 heavy (non-hydrogen) atoms. The number of nitrogens with one attached hydrogen (secondary N) is 2. The van der Waals surface area contributed by atoms with Crippen molar-refractivity contribution in [1.82, 2.24) is 24.9 Å². The third-order valence-electron chi connectivity index (χ3n) is 3.90. The van der Waals surface area contributed by atoms with E-state index in [9.17, 15) is 4.79 Å². The summed E-state index contributed by atoms with van der Waals surface area (Å²) in [4.78, 5) is 16.6. The fourth-order valence-corrected chi connectivity index (χ4v) is 2.72. The Balaban J connectivity index is 1.68. The van der Waals surface area contributed by atoms with Gasteiger partial charge in [-0.25, -0.2) is 0 Å². The fraction of sp³-hybridized carbons (Fsp3) is 0.0556. The second-order valence-electron chi connectivity index (χ2n) is 5.41. The molecule has 4 heterocycles. The highest BCUT2D eigenvalue weighted by Gasteiger charge is 2.16. The molecule has 0 radical (unpaired) electrons. The lowest BCUT2D eigenvalue weighted by molar-refractivity contribution is 0.0952. The van der Waals surface area contributed by atoms with Crippen LogP contribution in [0.2, 0.25) is 0 Å². The molecular weight excluding hydrogens is 302 g/mol. The van der Waals surface area contributed by atoms with Gasteiger partial charge in [0.15, 0.2) is 0 Å². The van der Waals surface area contributed by atoms with E-state index in [1.54, 1.807) is 18.6 Å². The monoisotopic (exact) mass is 317 g/mol. The maximum absolute atomic E-state index is 12.6. The Hall–Kier alpha value is -3.41. The van der Waals surface area contributed by atoms with Crippen LogP contribution in [0.4, 0.5) is 0 Å². The zero-order valence-corrected chi connectivity index (χ0v) is 12.8. The average molecular weight is 317 g/mol. The van der Waals surface area contributed by atoms with Crippen molar-refractivity contribution >= 4 is 11.4 Å². The van der Waals surface area contributed by atoms with Gasteiger partial charge < -0.3 is 9.72 Å². The Morgan fingerprint density at radius 1 is 1.12 bits per heavy atom. The van der Waals surface area contributed by atoms with E-state index < -0.39 is 0 Å². The zero-order valence-electron chi connectivity index (χ0n) is 12.8. The van der Waals surface area contributed by atoms with E-state index in [0.717, 1.165) is 22.5 Å². The minimum Gasteiger partial charge on any atom is -0.348 e. The lowest BCUT2D eigenvalue weighted by Crippen LogP contribution is -2.22. The van der Waals surface area contributed by atoms with Crippen molar-refractivity contribution in [2.45, 2.75) is 6.54 Å². The highest BCUT2D eigenvalue weighted by molar-refractivity contribution is 6.02. The first-order valence-corrected chi connectivity index (χ1v) is 7.60. The molecule has 0 fully saturated rings. The molecule has 0 aliphatic carbocycles. The molecule has 0 saturated heterocycles. The fourth-order valence-electron chi connectivity index (χ4n) is 2.72. The molecule has 0 saturated carbocycles. The number of aromatic nitrogens is 4. The number of carbonyl (C=O) groups excluding carboxylic acids is 1. The van der Waals surface area contributed by atoms with Gasteiger partial charge in [-0.2, -0.15) is 5.10 Å². The lowest BCUT2D eigenvalue weighted by atomic mass is 10.2. The summed E-state index contributed by atoms with van der Waals surface area (Å²) in [5, 5.41) is 9.90. The number of aromatic amines is 1. The SMILES string of the molecule is O=C(NCc1ccncc1)c1cc(-c2ccn[nH]2)n2ccccc12. The molecule has 6 nitrogen and oxygen atoms in total. The van der Waals surface area contributed by atoms with Crippen molar-refractivity contribution in [2.24, 2.45) is 0 Å². The van der Waals surface area contributed by atoms with Crippen molar-refractivity contribution in [3.05, 3.63) is 78.4 Å². The normalized spacial score (nSPS) is 10.8. The number of hydrogen-bond acceptors (Lipinski definition) is 3. The maximum atomic E-state index is 12.6. The van der Waals surface area contributed by atoms with E-state index in [4.69, 9.17) is 0 Å². The van der Waals surface area contributed by atoms with Gasteiger partial charge >= 0.3 is 0 Å². The second kappa shape index (κ2) is 6.00. The van der Waals surface area contributed by atoms with Gasteiger partial charge in [0, 0.05) is 31.3 Å². The minimum absolute atomic E-state index is 0.110. The molecule has 1 amide bonds. The first-order chi connectivity index (χ1) is 11.8. The van der Waals surface area contributed by atoms with Gasteiger partial charge in [-0.05, 0) is 42.0 Å². The number of amides is 1. The summed E-state index contributed by atoms with van der Waals surface area (Å²) < 4.78 is 1.98. The van der Waals surface area contributed by atoms with Crippen LogP contribution in [-0.2, 0) is 6.54 Å². The number of H-pyrrole nitrogens is 1. The molecular formula is C18H15N5O. The van der Waals surface area contributed by atoms with Crippen LogP contribution in [0.25, 0.3) is 16.9 Å². The molecule has 0 spiro atoms. The summed E-state index contributed by atoms with van der Waals surface area (Å²) in [5.41, 5.74) is 4.26. The Morgan fingerprint density at radius 2 is 2.00 bits per heavy atom. The van der Waals surface area contributed by atoms with Crippen LogP contribution in [0, 0.1) is 0 Å². The van der Waals surface area contributed by atoms with E-state index in [-0.39, 0.29) is 5.91 Å². The number of hydrogen-bond donors (Lipinski definition) is 2. The van der Waals surface area contributed by atoms with Crippen molar-refractivity contribution in [3.8, 4) is 11.4 Å². The average Bonchev–Trinajstić information content (AvgIpc) is 3.28. The number of pyridine rings is 2. The first kappa shape index (κ1) is 14.2. The van der Waals surface area contributed by atoms with Crippen molar-refractivity contribution in [2.75, 3.05) is 0 Å². The maximum Gasteiger partial charge on any atom is 0.253 e. The predicted octanol–water partition coefficient (Wildman–Crippen LogP) is 2.65. The van der Waals surface area contributed by atoms with E-state index >= 15 is 0 Å². The molecule has 2 N–H and O–H groups in total. The molecule has 0 atom stereocenters. The topological polar surface area (TPSA) is 75.1 Å². The van der Waals surface area contributed by atoms with Crippen molar-refractivity contribution in [3.63, 3.8) is 0 Å². The zero-order chi connectivity index (χ0) is 16.4. The van der Waals surface area contributed by atoms with Gasteiger partial charge in [-0.3, -0.25) is 14.9 Å². The Kier molecular flexibility index (Phi) is 3.55. The molecule has 0 unspecified atom stereocenters. The smallest absolute Gasteiger partial charge is 0.253 e. The lowest BCUT2D eigenvalue weighted by Gasteiger charge is -2.04. The van der Waals surface area contributed by atoms with Gasteiger partial charge in [-0.1, -0.05) is 6.07 Å². The van der Waals surface area contributed by atoms with Crippen LogP contribution in [0.1, 0.15) is 15.9 Å². The minimum atomic E-state index is -0.110. The van der Waals surface area contributed by atoms with Crippen molar-refractivity contribution in [1.29, 1.82) is 0 Å². The van der Waals surface area contributed by atoms with E-state index in [0.29, 0.717) is 12.1 Å². The molecule has 0 bridgehead atoms. The van der Waals surface area contributed by atoms with Gasteiger partial charge in [0.25, 0.3) is 5.91 Å². The predicted molar refractivity (Wildman–Crippen MR) is 90.4 cm³/mol. The van der Waals surface area contributed by atoms with Gasteiger partial charge in [-0.15, -0.1) is 0 Å². The summed E-state index contributed by atoms with van der Waals surface area (Å²) in [5.74, 6) is -0.110. The van der Waals surface area contributed by atoms with Gasteiger partial charge in [0.05, 0.1) is 22.5 Å². The van der Waals surface area contributed by atoms with Crippen LogP contribution >= 0.6 is 0 Å². The van der Waals surface area contributed by atoms with Crippen LogP contribution < -0.4 is 5.32 Å². The van der Waals surface area contributed by atoms with Gasteiger partial charge in [0.2, 0.25) is 0 Å². The van der Waals surface area contributed by atoms with Crippen LogP contribution in [0.5, 0.6) is 0 Å². The molecule has 0 aliphatic heterocycles. The summed E-state index contributed by atoms with van der Waals surface area (Å²) in [6.07, 6.45) is 7.06. The summed E-state index contributed by atoms with van der Waals surface area (Å²) in [7, 11) is 0. The largest absolute Gasteiger partial charge is 0.348 e. The molecule has 0 aliphatic rings. The van der Waals surface area contributed by atoms with Crippen LogP contribution in [-0.4, -0.2) is 25.5 Å². The third-order valence-corrected chi connectivity index (χ3v) is 3.90. The van der Waals surface area contributed by atoms with Gasteiger partial charge in [0.1, 0.15) is 0 Å². The number of carbonyl (C=O) groups is 1. The van der Waals surface area contributed by atoms with E-state index in [1.165, 1.54) is 0 Å². The highest BCUT2D eigenvalue weighted by Crippen LogP contribution is 2.24. The summed E-state index contributed by atoms with van der Waals surface area (Å²) >= 11 is 0. The standard InChI is InChI=1S/C18H15N5O/c24-18(20-12-13-4-7-19-8-5-13)14-11-17(15-6-9-21-22-15)23-10-2-1-3-16(14)23/h1-11H,12H2,(H,20,24)(H,21,22). The van der Waals surface area contributed by atoms with E-state index in [2.05, 4.69) is 20.5 Å². The van der Waals surface area contributed by atoms with Crippen molar-refractivity contribution < 1.29 is 4.79 Å². The summed E-state index contributed by atoms with van der Waals surface area (Å²) in [6, 6.07) is 13.3. The molecule has 118 valence electrons. The van der Waals surface area contributed by atoms with Crippen LogP contribution in [0.15, 0.2) is 67.3 Å². The first-order valence-electron chi connectivity index (χ1n) is 7.60. The highest BCUT2D eigenvalue weighted by atomic mass is 16.1. The van der Waals surface area contributed by atoms with Crippen LogP contribution in [0.3, 0.4) is 0 Å². The number of fused-ring (bicyclic) bond motifs is 1.